The quantitative estimate of drug-likeness (QED) is 0.578. The van der Waals surface area contributed by atoms with Gasteiger partial charge in [0.1, 0.15) is 0 Å². The summed E-state index contributed by atoms with van der Waals surface area (Å²) < 4.78 is 10.4. The van der Waals surface area contributed by atoms with Crippen LogP contribution in [0.3, 0.4) is 0 Å². The molecule has 14 heavy (non-hydrogen) atoms. The van der Waals surface area contributed by atoms with E-state index in [4.69, 9.17) is 9.47 Å². The summed E-state index contributed by atoms with van der Waals surface area (Å²) in [5.74, 6) is 0.664. The molecule has 0 aliphatic carbocycles. The first-order chi connectivity index (χ1) is 6.76. The van der Waals surface area contributed by atoms with Gasteiger partial charge in [0.2, 0.25) is 0 Å². The second-order valence-corrected chi connectivity index (χ2v) is 3.62. The highest BCUT2D eigenvalue weighted by Gasteiger charge is 2.14. The van der Waals surface area contributed by atoms with Crippen LogP contribution >= 0.6 is 0 Å². The fraction of sp³-hybridized carbons (Fsp3) is 1.00. The van der Waals surface area contributed by atoms with Gasteiger partial charge in [0, 0.05) is 13.2 Å². The molecule has 0 aromatic rings. The maximum absolute atomic E-state index is 5.52. The van der Waals surface area contributed by atoms with Gasteiger partial charge in [0.05, 0.1) is 19.8 Å². The van der Waals surface area contributed by atoms with Crippen LogP contribution in [0.5, 0.6) is 0 Å². The molecular formula is C11H25NO2. The van der Waals surface area contributed by atoms with Gasteiger partial charge in [-0.05, 0) is 12.5 Å². The normalized spacial score (nSPS) is 15.4. The zero-order valence-corrected chi connectivity index (χ0v) is 10.0. The summed E-state index contributed by atoms with van der Waals surface area (Å²) in [5.41, 5.74) is 0. The SMILES string of the molecule is CCNC(COCCOC)C(C)CC. The molecule has 0 amide bonds. The molecule has 0 aromatic heterocycles. The van der Waals surface area contributed by atoms with Crippen molar-refractivity contribution in [3.8, 4) is 0 Å². The van der Waals surface area contributed by atoms with Gasteiger partial charge in [-0.2, -0.15) is 0 Å². The minimum absolute atomic E-state index is 0.474. The Labute approximate surface area is 88.2 Å². The van der Waals surface area contributed by atoms with Crippen LogP contribution < -0.4 is 5.32 Å². The van der Waals surface area contributed by atoms with Gasteiger partial charge >= 0.3 is 0 Å². The van der Waals surface area contributed by atoms with Crippen molar-refractivity contribution in [1.82, 2.24) is 5.32 Å². The molecule has 0 aliphatic rings. The molecule has 0 radical (unpaired) electrons. The van der Waals surface area contributed by atoms with Gasteiger partial charge < -0.3 is 14.8 Å². The second-order valence-electron chi connectivity index (χ2n) is 3.62. The van der Waals surface area contributed by atoms with Crippen LogP contribution in [0.15, 0.2) is 0 Å². The number of rotatable bonds is 9. The van der Waals surface area contributed by atoms with Crippen molar-refractivity contribution < 1.29 is 9.47 Å². The first-order valence-electron chi connectivity index (χ1n) is 5.56. The van der Waals surface area contributed by atoms with Crippen LogP contribution in [0.4, 0.5) is 0 Å². The first kappa shape index (κ1) is 13.9. The Morgan fingerprint density at radius 3 is 2.43 bits per heavy atom. The average molecular weight is 203 g/mol. The molecule has 0 aliphatic heterocycles. The maximum atomic E-state index is 5.52. The Kier molecular flexibility index (Phi) is 9.35. The van der Waals surface area contributed by atoms with Gasteiger partial charge in [-0.3, -0.25) is 0 Å². The molecule has 0 aromatic carbocycles. The van der Waals surface area contributed by atoms with E-state index in [0.29, 0.717) is 25.2 Å². The highest BCUT2D eigenvalue weighted by Crippen LogP contribution is 2.07. The van der Waals surface area contributed by atoms with Gasteiger partial charge in [0.15, 0.2) is 0 Å². The minimum Gasteiger partial charge on any atom is -0.382 e. The van der Waals surface area contributed by atoms with Gasteiger partial charge in [0.25, 0.3) is 0 Å². The Balaban J connectivity index is 3.61. The summed E-state index contributed by atoms with van der Waals surface area (Å²) >= 11 is 0. The third-order valence-corrected chi connectivity index (χ3v) is 2.53. The first-order valence-corrected chi connectivity index (χ1v) is 5.56. The number of hydrogen-bond acceptors (Lipinski definition) is 3. The molecule has 0 saturated heterocycles. The maximum Gasteiger partial charge on any atom is 0.0701 e. The molecule has 0 fully saturated rings. The zero-order valence-electron chi connectivity index (χ0n) is 10.0. The molecule has 2 atom stereocenters. The molecule has 0 saturated carbocycles. The Hall–Kier alpha value is -0.120. The Morgan fingerprint density at radius 2 is 1.93 bits per heavy atom. The molecule has 0 spiro atoms. The van der Waals surface area contributed by atoms with E-state index in [2.05, 4.69) is 26.1 Å². The topological polar surface area (TPSA) is 30.5 Å². The van der Waals surface area contributed by atoms with Gasteiger partial charge in [-0.15, -0.1) is 0 Å². The van der Waals surface area contributed by atoms with E-state index < -0.39 is 0 Å². The van der Waals surface area contributed by atoms with Crippen LogP contribution in [-0.4, -0.2) is 39.5 Å². The van der Waals surface area contributed by atoms with Crippen molar-refractivity contribution in [2.75, 3.05) is 33.5 Å². The second kappa shape index (κ2) is 9.44. The molecule has 86 valence electrons. The number of hydrogen-bond donors (Lipinski definition) is 1. The summed E-state index contributed by atoms with van der Waals surface area (Å²) in [6, 6.07) is 0.474. The van der Waals surface area contributed by atoms with Crippen LogP contribution in [0, 0.1) is 5.92 Å². The smallest absolute Gasteiger partial charge is 0.0701 e. The molecule has 3 nitrogen and oxygen atoms in total. The standard InChI is InChI=1S/C11H25NO2/c1-5-10(3)11(12-6-2)9-14-8-7-13-4/h10-12H,5-9H2,1-4H3. The van der Waals surface area contributed by atoms with Gasteiger partial charge in [-0.25, -0.2) is 0 Å². The summed E-state index contributed by atoms with van der Waals surface area (Å²) in [6.07, 6.45) is 1.19. The third-order valence-electron chi connectivity index (χ3n) is 2.53. The summed E-state index contributed by atoms with van der Waals surface area (Å²) in [7, 11) is 1.69. The lowest BCUT2D eigenvalue weighted by Gasteiger charge is -2.23. The van der Waals surface area contributed by atoms with E-state index in [1.165, 1.54) is 6.42 Å². The molecule has 0 heterocycles. The van der Waals surface area contributed by atoms with Crippen molar-refractivity contribution in [3.63, 3.8) is 0 Å². The molecule has 0 rings (SSSR count). The highest BCUT2D eigenvalue weighted by atomic mass is 16.5. The van der Waals surface area contributed by atoms with Crippen molar-refractivity contribution in [2.45, 2.75) is 33.2 Å². The van der Waals surface area contributed by atoms with E-state index in [-0.39, 0.29) is 0 Å². The van der Waals surface area contributed by atoms with Gasteiger partial charge in [-0.1, -0.05) is 27.2 Å². The Bertz CT molecular complexity index is 120. The van der Waals surface area contributed by atoms with Crippen LogP contribution in [-0.2, 0) is 9.47 Å². The average Bonchev–Trinajstić information content (AvgIpc) is 2.21. The zero-order chi connectivity index (χ0) is 10.8. The highest BCUT2D eigenvalue weighted by molar-refractivity contribution is 4.71. The predicted octanol–water partition coefficient (Wildman–Crippen LogP) is 1.67. The lowest BCUT2D eigenvalue weighted by Crippen LogP contribution is -2.39. The summed E-state index contributed by atoms with van der Waals surface area (Å²) in [5, 5.41) is 3.44. The number of likely N-dealkylation sites (N-methyl/N-ethyl adjacent to an activating group) is 1. The van der Waals surface area contributed by atoms with Crippen LogP contribution in [0.2, 0.25) is 0 Å². The number of nitrogens with one attached hydrogen (secondary N) is 1. The minimum atomic E-state index is 0.474. The van der Waals surface area contributed by atoms with Crippen molar-refractivity contribution in [1.29, 1.82) is 0 Å². The lowest BCUT2D eigenvalue weighted by molar-refractivity contribution is 0.0504. The van der Waals surface area contributed by atoms with E-state index in [0.717, 1.165) is 13.2 Å². The van der Waals surface area contributed by atoms with Crippen LogP contribution in [0.1, 0.15) is 27.2 Å². The predicted molar refractivity (Wildman–Crippen MR) is 59.6 cm³/mol. The van der Waals surface area contributed by atoms with E-state index in [9.17, 15) is 0 Å². The lowest BCUT2D eigenvalue weighted by atomic mass is 10.00. The fourth-order valence-electron chi connectivity index (χ4n) is 1.32. The molecule has 1 N–H and O–H groups in total. The van der Waals surface area contributed by atoms with E-state index in [1.54, 1.807) is 7.11 Å². The number of ether oxygens (including phenoxy) is 2. The van der Waals surface area contributed by atoms with E-state index >= 15 is 0 Å². The van der Waals surface area contributed by atoms with Crippen molar-refractivity contribution in [3.05, 3.63) is 0 Å². The molecule has 0 bridgehead atoms. The molecule has 3 heteroatoms. The van der Waals surface area contributed by atoms with Crippen molar-refractivity contribution in [2.24, 2.45) is 5.92 Å². The van der Waals surface area contributed by atoms with Crippen LogP contribution in [0.25, 0.3) is 0 Å². The molecular weight excluding hydrogens is 178 g/mol. The van der Waals surface area contributed by atoms with Crippen molar-refractivity contribution >= 4 is 0 Å². The Morgan fingerprint density at radius 1 is 1.21 bits per heavy atom. The fourth-order valence-corrected chi connectivity index (χ4v) is 1.32. The molecule has 2 unspecified atom stereocenters. The van der Waals surface area contributed by atoms with E-state index in [1.807, 2.05) is 0 Å². The summed E-state index contributed by atoms with van der Waals surface area (Å²) in [4.78, 5) is 0. The largest absolute Gasteiger partial charge is 0.382 e. The number of methoxy groups -OCH3 is 1. The summed E-state index contributed by atoms with van der Waals surface area (Å²) in [6.45, 7) is 9.75. The third kappa shape index (κ3) is 6.35. The monoisotopic (exact) mass is 203 g/mol.